The van der Waals surface area contributed by atoms with Gasteiger partial charge in [-0.2, -0.15) is 8.42 Å². The lowest BCUT2D eigenvalue weighted by atomic mass is 10.0. The Morgan fingerprint density at radius 2 is 1.97 bits per heavy atom. The predicted molar refractivity (Wildman–Crippen MR) is 131 cm³/mol. The fourth-order valence-corrected chi connectivity index (χ4v) is 4.98. The number of hydrogen-bond acceptors (Lipinski definition) is 4. The molecule has 0 amide bonds. The minimum absolute atomic E-state index is 0.444. The summed E-state index contributed by atoms with van der Waals surface area (Å²) in [5.74, 6) is 0.739. The molecule has 0 unspecified atom stereocenters. The summed E-state index contributed by atoms with van der Waals surface area (Å²) in [5, 5.41) is 0. The molecule has 0 atom stereocenters. The molecule has 0 bridgehead atoms. The van der Waals surface area contributed by atoms with Crippen LogP contribution in [-0.4, -0.2) is 46.6 Å². The van der Waals surface area contributed by atoms with E-state index in [4.69, 9.17) is 4.74 Å². The van der Waals surface area contributed by atoms with Crippen molar-refractivity contribution < 1.29 is 13.2 Å². The minimum Gasteiger partial charge on any atom is -0.490 e. The SMILES string of the molecule is C=CCN(C)CC=CCOc1ccc2c(c1)CCCN2S(=O)(=O)Nc1ccc(Br)cc1. The standard InChI is InChI=1S/C23H28BrN3O3S/c1-3-14-26(2)15-4-5-17-30-22-12-13-23-19(18-22)7-6-16-27(23)31(28,29)25-21-10-8-20(24)9-11-21/h3-5,8-13,18,25H,1,6-7,14-17H2,2H3. The summed E-state index contributed by atoms with van der Waals surface area (Å²) >= 11 is 3.36. The summed E-state index contributed by atoms with van der Waals surface area (Å²) in [6.45, 7) is 6.31. The molecule has 166 valence electrons. The van der Waals surface area contributed by atoms with Gasteiger partial charge in [-0.05, 0) is 67.9 Å². The van der Waals surface area contributed by atoms with E-state index in [2.05, 4.69) is 38.2 Å². The molecule has 31 heavy (non-hydrogen) atoms. The Kier molecular flexibility index (Phi) is 8.17. The van der Waals surface area contributed by atoms with Gasteiger partial charge in [0.1, 0.15) is 12.4 Å². The van der Waals surface area contributed by atoms with Gasteiger partial charge in [-0.25, -0.2) is 0 Å². The molecule has 0 saturated carbocycles. The number of benzene rings is 2. The Morgan fingerprint density at radius 1 is 1.19 bits per heavy atom. The molecule has 6 nitrogen and oxygen atoms in total. The molecule has 0 aromatic heterocycles. The fourth-order valence-electron chi connectivity index (χ4n) is 3.36. The molecule has 0 fully saturated rings. The second-order valence-electron chi connectivity index (χ2n) is 7.37. The number of aryl methyl sites for hydroxylation is 1. The van der Waals surface area contributed by atoms with Gasteiger partial charge in [-0.3, -0.25) is 13.9 Å². The van der Waals surface area contributed by atoms with E-state index in [9.17, 15) is 8.42 Å². The lowest BCUT2D eigenvalue weighted by molar-refractivity contribution is 0.360. The normalized spacial score (nSPS) is 14.0. The van der Waals surface area contributed by atoms with Crippen LogP contribution in [0.1, 0.15) is 12.0 Å². The number of rotatable bonds is 10. The Labute approximate surface area is 193 Å². The molecule has 8 heteroatoms. The van der Waals surface area contributed by atoms with Crippen LogP contribution in [0.25, 0.3) is 0 Å². The molecule has 1 aliphatic heterocycles. The number of nitrogens with zero attached hydrogens (tertiary/aromatic N) is 2. The van der Waals surface area contributed by atoms with Gasteiger partial charge < -0.3 is 4.74 Å². The van der Waals surface area contributed by atoms with E-state index in [0.29, 0.717) is 24.5 Å². The van der Waals surface area contributed by atoms with Crippen LogP contribution in [0.2, 0.25) is 0 Å². The van der Waals surface area contributed by atoms with E-state index in [0.717, 1.165) is 41.7 Å². The van der Waals surface area contributed by atoms with Crippen LogP contribution in [0.3, 0.4) is 0 Å². The number of ether oxygens (including phenoxy) is 1. The van der Waals surface area contributed by atoms with E-state index in [1.54, 1.807) is 24.3 Å². The Balaban J connectivity index is 1.65. The number of nitrogens with one attached hydrogen (secondary N) is 1. The van der Waals surface area contributed by atoms with Crippen molar-refractivity contribution in [3.05, 3.63) is 77.3 Å². The fraction of sp³-hybridized carbons (Fsp3) is 0.304. The van der Waals surface area contributed by atoms with Gasteiger partial charge in [0.25, 0.3) is 0 Å². The summed E-state index contributed by atoms with van der Waals surface area (Å²) in [6, 6.07) is 12.7. The number of hydrogen-bond donors (Lipinski definition) is 1. The third kappa shape index (κ3) is 6.59. The number of anilines is 2. The van der Waals surface area contributed by atoms with Crippen molar-refractivity contribution in [3.63, 3.8) is 0 Å². The highest BCUT2D eigenvalue weighted by Gasteiger charge is 2.27. The third-order valence-corrected chi connectivity index (χ3v) is 6.86. The second-order valence-corrected chi connectivity index (χ2v) is 9.88. The van der Waals surface area contributed by atoms with Crippen molar-refractivity contribution in [1.82, 2.24) is 4.90 Å². The molecule has 0 aliphatic carbocycles. The number of halogens is 1. The zero-order chi connectivity index (χ0) is 22.3. The van der Waals surface area contributed by atoms with Gasteiger partial charge in [-0.1, -0.05) is 34.2 Å². The van der Waals surface area contributed by atoms with Crippen LogP contribution in [0.5, 0.6) is 5.75 Å². The van der Waals surface area contributed by atoms with Gasteiger partial charge in [0.2, 0.25) is 0 Å². The van der Waals surface area contributed by atoms with Crippen LogP contribution < -0.4 is 13.8 Å². The molecule has 0 saturated heterocycles. The first-order chi connectivity index (χ1) is 14.9. The number of likely N-dealkylation sites (N-methyl/N-ethyl adjacent to an activating group) is 1. The topological polar surface area (TPSA) is 61.9 Å². The highest BCUT2D eigenvalue weighted by molar-refractivity contribution is 9.10. The molecular formula is C23H28BrN3O3S. The molecule has 3 rings (SSSR count). The highest BCUT2D eigenvalue weighted by atomic mass is 79.9. The highest BCUT2D eigenvalue weighted by Crippen LogP contribution is 2.33. The van der Waals surface area contributed by atoms with E-state index >= 15 is 0 Å². The Bertz CT molecular complexity index is 1020. The summed E-state index contributed by atoms with van der Waals surface area (Å²) in [7, 11) is -1.68. The Hall–Kier alpha value is -2.29. The van der Waals surface area contributed by atoms with Gasteiger partial charge in [0, 0.05) is 24.1 Å². The Morgan fingerprint density at radius 3 is 2.71 bits per heavy atom. The van der Waals surface area contributed by atoms with E-state index < -0.39 is 10.2 Å². The molecule has 0 spiro atoms. The first-order valence-electron chi connectivity index (χ1n) is 10.2. The zero-order valence-corrected chi connectivity index (χ0v) is 20.0. The van der Waals surface area contributed by atoms with E-state index in [-0.39, 0.29) is 0 Å². The average molecular weight is 506 g/mol. The van der Waals surface area contributed by atoms with Crippen LogP contribution in [0.4, 0.5) is 11.4 Å². The van der Waals surface area contributed by atoms with Crippen molar-refractivity contribution in [2.75, 3.05) is 42.3 Å². The van der Waals surface area contributed by atoms with Crippen molar-refractivity contribution in [3.8, 4) is 5.75 Å². The lowest BCUT2D eigenvalue weighted by Gasteiger charge is -2.30. The molecule has 1 N–H and O–H groups in total. The maximum absolute atomic E-state index is 13.0. The van der Waals surface area contributed by atoms with Crippen molar-refractivity contribution >= 4 is 37.5 Å². The molecule has 2 aromatic rings. The van der Waals surface area contributed by atoms with Crippen molar-refractivity contribution in [1.29, 1.82) is 0 Å². The third-order valence-electron chi connectivity index (χ3n) is 4.88. The summed E-state index contributed by atoms with van der Waals surface area (Å²) in [4.78, 5) is 2.14. The molecular weight excluding hydrogens is 478 g/mol. The lowest BCUT2D eigenvalue weighted by Crippen LogP contribution is -2.39. The van der Waals surface area contributed by atoms with Crippen LogP contribution >= 0.6 is 15.9 Å². The quantitative estimate of drug-likeness (QED) is 0.478. The molecule has 1 aliphatic rings. The van der Waals surface area contributed by atoms with Crippen LogP contribution in [0.15, 0.2) is 71.7 Å². The summed E-state index contributed by atoms with van der Waals surface area (Å²) < 4.78 is 36.8. The maximum Gasteiger partial charge on any atom is 0.323 e. The van der Waals surface area contributed by atoms with Crippen LogP contribution in [-0.2, 0) is 16.6 Å². The van der Waals surface area contributed by atoms with Gasteiger partial charge in [0.05, 0.1) is 11.4 Å². The summed E-state index contributed by atoms with van der Waals surface area (Å²) in [6.07, 6.45) is 7.49. The first kappa shape index (κ1) is 23.4. The molecule has 2 aromatic carbocycles. The molecule has 1 heterocycles. The monoisotopic (exact) mass is 505 g/mol. The van der Waals surface area contributed by atoms with Gasteiger partial charge >= 0.3 is 10.2 Å². The second kappa shape index (κ2) is 10.8. The summed E-state index contributed by atoms with van der Waals surface area (Å²) in [5.41, 5.74) is 2.20. The largest absolute Gasteiger partial charge is 0.490 e. The first-order valence-corrected chi connectivity index (χ1v) is 12.4. The zero-order valence-electron chi connectivity index (χ0n) is 17.6. The minimum atomic E-state index is -3.71. The predicted octanol–water partition coefficient (Wildman–Crippen LogP) is 4.61. The van der Waals surface area contributed by atoms with Crippen molar-refractivity contribution in [2.45, 2.75) is 12.8 Å². The van der Waals surface area contributed by atoms with E-state index in [1.165, 1.54) is 4.31 Å². The number of fused-ring (bicyclic) bond motifs is 1. The maximum atomic E-state index is 13.0. The van der Waals surface area contributed by atoms with Crippen molar-refractivity contribution in [2.24, 2.45) is 0 Å². The van der Waals surface area contributed by atoms with E-state index in [1.807, 2.05) is 37.4 Å². The smallest absolute Gasteiger partial charge is 0.323 e. The van der Waals surface area contributed by atoms with Gasteiger partial charge in [-0.15, -0.1) is 6.58 Å². The molecule has 0 radical (unpaired) electrons. The van der Waals surface area contributed by atoms with Crippen LogP contribution in [0, 0.1) is 0 Å². The van der Waals surface area contributed by atoms with Gasteiger partial charge in [0.15, 0.2) is 0 Å². The average Bonchev–Trinajstić information content (AvgIpc) is 2.74.